The van der Waals surface area contributed by atoms with Gasteiger partial charge in [-0.2, -0.15) is 0 Å². The van der Waals surface area contributed by atoms with Gasteiger partial charge in [0.05, 0.1) is 48.2 Å². The van der Waals surface area contributed by atoms with Gasteiger partial charge in [-0.3, -0.25) is 9.36 Å². The van der Waals surface area contributed by atoms with Crippen molar-refractivity contribution in [3.05, 3.63) is 114 Å². The zero-order valence-corrected chi connectivity index (χ0v) is 25.1. The quantitative estimate of drug-likeness (QED) is 0.304. The van der Waals surface area contributed by atoms with Gasteiger partial charge in [0.15, 0.2) is 4.80 Å². The number of hydrogen-bond donors (Lipinski definition) is 0. The number of benzene rings is 2. The summed E-state index contributed by atoms with van der Waals surface area (Å²) in [4.78, 5) is 44.4. The first-order valence-electron chi connectivity index (χ1n) is 13.4. The summed E-state index contributed by atoms with van der Waals surface area (Å²) in [6, 6.07) is 15.8. The Morgan fingerprint density at radius 2 is 1.76 bits per heavy atom. The molecule has 0 N–H and O–H groups in total. The van der Waals surface area contributed by atoms with Crippen LogP contribution in [0.15, 0.2) is 75.7 Å². The van der Waals surface area contributed by atoms with Crippen LogP contribution in [0.3, 0.4) is 0 Å². The highest BCUT2D eigenvalue weighted by Crippen LogP contribution is 2.31. The van der Waals surface area contributed by atoms with E-state index in [9.17, 15) is 14.4 Å². The van der Waals surface area contributed by atoms with Gasteiger partial charge in [-0.25, -0.2) is 14.6 Å². The molecule has 0 amide bonds. The van der Waals surface area contributed by atoms with Gasteiger partial charge in [0, 0.05) is 17.1 Å². The Hall–Kier alpha value is -4.70. The van der Waals surface area contributed by atoms with Crippen LogP contribution in [0.5, 0.6) is 5.75 Å². The van der Waals surface area contributed by atoms with Crippen LogP contribution in [0.25, 0.3) is 11.8 Å². The molecule has 0 bridgehead atoms. The number of fused-ring (bicyclic) bond motifs is 1. The summed E-state index contributed by atoms with van der Waals surface area (Å²) in [6.07, 6.45) is 1.85. The second-order valence-corrected chi connectivity index (χ2v) is 10.8. The maximum atomic E-state index is 14.0. The number of carbonyl (C=O) groups is 2. The Bertz CT molecular complexity index is 1910. The number of thiazole rings is 1. The van der Waals surface area contributed by atoms with E-state index in [1.54, 1.807) is 55.9 Å². The van der Waals surface area contributed by atoms with E-state index in [0.29, 0.717) is 31.9 Å². The van der Waals surface area contributed by atoms with Crippen LogP contribution in [-0.2, 0) is 14.3 Å². The molecule has 3 heterocycles. The lowest BCUT2D eigenvalue weighted by Crippen LogP contribution is -2.39. The zero-order chi connectivity index (χ0) is 30.1. The fourth-order valence-corrected chi connectivity index (χ4v) is 6.29. The molecule has 1 unspecified atom stereocenters. The zero-order valence-electron chi connectivity index (χ0n) is 24.3. The lowest BCUT2D eigenvalue weighted by atomic mass is 9.96. The van der Waals surface area contributed by atoms with Gasteiger partial charge in [0.25, 0.3) is 5.56 Å². The minimum atomic E-state index is -0.707. The highest BCUT2D eigenvalue weighted by Gasteiger charge is 2.33. The Balaban J connectivity index is 1.66. The fraction of sp³-hybridized carbons (Fsp3) is 0.250. The number of methoxy groups -OCH3 is 2. The van der Waals surface area contributed by atoms with Crippen LogP contribution in [0, 0.1) is 13.8 Å². The molecule has 2 aromatic heterocycles. The standard InChI is InChI=1S/C32H31N3O6S/c1-7-41-31(38)27-19(3)33-32-35(28(27)21-11-13-25(39-5)14-12-21)29(36)26(42-32)17-23-15-18(2)34(20(23)4)24-10-8-9-22(16-24)30(37)40-6/h8-17,28H,7H2,1-6H3. The van der Waals surface area contributed by atoms with Gasteiger partial charge >= 0.3 is 11.9 Å². The molecule has 0 fully saturated rings. The second kappa shape index (κ2) is 11.7. The molecule has 0 radical (unpaired) electrons. The minimum Gasteiger partial charge on any atom is -0.497 e. The molecular formula is C32H31N3O6S. The van der Waals surface area contributed by atoms with Crippen molar-refractivity contribution in [1.29, 1.82) is 0 Å². The number of esters is 2. The summed E-state index contributed by atoms with van der Waals surface area (Å²) in [5.41, 5.74) is 5.25. The van der Waals surface area contributed by atoms with Crippen molar-refractivity contribution in [3.8, 4) is 11.4 Å². The predicted molar refractivity (Wildman–Crippen MR) is 160 cm³/mol. The summed E-state index contributed by atoms with van der Waals surface area (Å²) < 4.78 is 19.6. The van der Waals surface area contributed by atoms with Crippen LogP contribution in [0.1, 0.15) is 52.8 Å². The SMILES string of the molecule is CCOC(=O)C1=C(C)N=c2sc(=Cc3cc(C)n(-c4cccc(C(=O)OC)c4)c3C)c(=O)n2C1c1ccc(OC)cc1. The molecule has 0 aliphatic carbocycles. The molecule has 1 aliphatic rings. The van der Waals surface area contributed by atoms with Gasteiger partial charge < -0.3 is 18.8 Å². The Morgan fingerprint density at radius 1 is 1.02 bits per heavy atom. The van der Waals surface area contributed by atoms with Crippen molar-refractivity contribution in [3.63, 3.8) is 0 Å². The number of aromatic nitrogens is 2. The molecule has 2 aromatic carbocycles. The number of rotatable bonds is 7. The van der Waals surface area contributed by atoms with Gasteiger partial charge in [0.1, 0.15) is 5.75 Å². The lowest BCUT2D eigenvalue weighted by molar-refractivity contribution is -0.139. The van der Waals surface area contributed by atoms with Gasteiger partial charge in [-0.05, 0) is 81.3 Å². The van der Waals surface area contributed by atoms with E-state index in [0.717, 1.165) is 28.2 Å². The number of hydrogen-bond acceptors (Lipinski definition) is 8. The highest BCUT2D eigenvalue weighted by molar-refractivity contribution is 7.07. The molecular weight excluding hydrogens is 554 g/mol. The lowest BCUT2D eigenvalue weighted by Gasteiger charge is -2.24. The van der Waals surface area contributed by atoms with E-state index in [4.69, 9.17) is 14.2 Å². The molecule has 216 valence electrons. The Morgan fingerprint density at radius 3 is 2.43 bits per heavy atom. The van der Waals surface area contributed by atoms with Gasteiger partial charge in [0.2, 0.25) is 0 Å². The van der Waals surface area contributed by atoms with Crippen LogP contribution >= 0.6 is 11.3 Å². The summed E-state index contributed by atoms with van der Waals surface area (Å²) >= 11 is 1.27. The molecule has 9 nitrogen and oxygen atoms in total. The van der Waals surface area contributed by atoms with Crippen molar-refractivity contribution < 1.29 is 23.8 Å². The average Bonchev–Trinajstić information content (AvgIpc) is 3.45. The van der Waals surface area contributed by atoms with E-state index in [1.165, 1.54) is 18.4 Å². The Labute approximate surface area is 246 Å². The molecule has 1 atom stereocenters. The third-order valence-corrected chi connectivity index (χ3v) is 8.21. The number of allylic oxidation sites excluding steroid dienone is 1. The molecule has 0 saturated carbocycles. The number of carbonyl (C=O) groups excluding carboxylic acids is 2. The monoisotopic (exact) mass is 585 g/mol. The first-order chi connectivity index (χ1) is 20.2. The molecule has 1 aliphatic heterocycles. The van der Waals surface area contributed by atoms with Crippen LogP contribution in [-0.4, -0.2) is 41.9 Å². The van der Waals surface area contributed by atoms with Crippen molar-refractivity contribution in [2.45, 2.75) is 33.7 Å². The second-order valence-electron chi connectivity index (χ2n) is 9.78. The predicted octanol–water partition coefficient (Wildman–Crippen LogP) is 4.00. The molecule has 10 heteroatoms. The summed E-state index contributed by atoms with van der Waals surface area (Å²) in [5.74, 6) is -0.256. The van der Waals surface area contributed by atoms with E-state index < -0.39 is 18.0 Å². The van der Waals surface area contributed by atoms with Gasteiger partial charge in [-0.1, -0.05) is 29.5 Å². The maximum Gasteiger partial charge on any atom is 0.338 e. The van der Waals surface area contributed by atoms with Crippen LogP contribution in [0.2, 0.25) is 0 Å². The maximum absolute atomic E-state index is 14.0. The normalized spacial score (nSPS) is 14.8. The largest absolute Gasteiger partial charge is 0.497 e. The van der Waals surface area contributed by atoms with Crippen LogP contribution < -0.4 is 19.6 Å². The van der Waals surface area contributed by atoms with Crippen molar-refractivity contribution in [2.75, 3.05) is 20.8 Å². The first-order valence-corrected chi connectivity index (χ1v) is 14.2. The summed E-state index contributed by atoms with van der Waals surface area (Å²) in [6.45, 7) is 7.64. The molecule has 0 spiro atoms. The van der Waals surface area contributed by atoms with Gasteiger partial charge in [-0.15, -0.1) is 0 Å². The third kappa shape index (κ3) is 5.09. The number of nitrogens with zero attached hydrogens (tertiary/aromatic N) is 3. The summed E-state index contributed by atoms with van der Waals surface area (Å²) in [7, 11) is 2.94. The number of ether oxygens (including phenoxy) is 3. The van der Waals surface area contributed by atoms with Crippen LogP contribution in [0.4, 0.5) is 0 Å². The molecule has 0 saturated heterocycles. The minimum absolute atomic E-state index is 0.202. The van der Waals surface area contributed by atoms with Crippen molar-refractivity contribution >= 4 is 29.4 Å². The summed E-state index contributed by atoms with van der Waals surface area (Å²) in [5, 5.41) is 0. The fourth-order valence-electron chi connectivity index (χ4n) is 5.26. The van der Waals surface area contributed by atoms with E-state index in [1.807, 2.05) is 48.8 Å². The van der Waals surface area contributed by atoms with Crippen molar-refractivity contribution in [1.82, 2.24) is 9.13 Å². The molecule has 4 aromatic rings. The van der Waals surface area contributed by atoms with E-state index in [2.05, 4.69) is 4.99 Å². The molecule has 42 heavy (non-hydrogen) atoms. The highest BCUT2D eigenvalue weighted by atomic mass is 32.1. The van der Waals surface area contributed by atoms with E-state index in [-0.39, 0.29) is 12.2 Å². The number of aryl methyl sites for hydroxylation is 1. The first kappa shape index (κ1) is 28.8. The molecule has 5 rings (SSSR count). The third-order valence-electron chi connectivity index (χ3n) is 7.23. The average molecular weight is 586 g/mol. The topological polar surface area (TPSA) is 101 Å². The van der Waals surface area contributed by atoms with E-state index >= 15 is 0 Å². The van der Waals surface area contributed by atoms with Crippen molar-refractivity contribution in [2.24, 2.45) is 4.99 Å². The smallest absolute Gasteiger partial charge is 0.338 e. The Kier molecular flexibility index (Phi) is 8.00.